The molecule has 2 fully saturated rings. The molecule has 0 heterocycles. The van der Waals surface area contributed by atoms with Crippen molar-refractivity contribution in [2.45, 2.75) is 57.9 Å². The van der Waals surface area contributed by atoms with Crippen LogP contribution in [0.15, 0.2) is 0 Å². The summed E-state index contributed by atoms with van der Waals surface area (Å²) in [6, 6.07) is 0.700. The van der Waals surface area contributed by atoms with E-state index in [0.717, 1.165) is 30.7 Å². The first kappa shape index (κ1) is 12.0. The molecule has 0 aromatic carbocycles. The van der Waals surface area contributed by atoms with E-state index in [4.69, 9.17) is 6.42 Å². The van der Waals surface area contributed by atoms with Crippen molar-refractivity contribution in [3.05, 3.63) is 0 Å². The van der Waals surface area contributed by atoms with Crippen molar-refractivity contribution in [3.8, 4) is 12.3 Å². The Hall–Kier alpha value is -0.480. The molecule has 16 heavy (non-hydrogen) atoms. The van der Waals surface area contributed by atoms with E-state index in [2.05, 4.69) is 18.2 Å². The maximum absolute atomic E-state index is 5.40. The summed E-state index contributed by atoms with van der Waals surface area (Å²) >= 11 is 0. The van der Waals surface area contributed by atoms with Crippen LogP contribution in [0.4, 0.5) is 0 Å². The summed E-state index contributed by atoms with van der Waals surface area (Å²) in [6.07, 6.45) is 14.7. The Morgan fingerprint density at radius 2 is 2.25 bits per heavy atom. The number of fused-ring (bicyclic) bond motifs is 2. The molecule has 2 saturated carbocycles. The first-order chi connectivity index (χ1) is 7.85. The standard InChI is InChI=1S/C15H25N/c1-3-5-6-15(16-9-4-2)14-11-12-7-8-13(14)10-12/h1,12-16H,4-11H2,2H3. The highest BCUT2D eigenvalue weighted by atomic mass is 14.9. The second-order valence-electron chi connectivity index (χ2n) is 5.64. The van der Waals surface area contributed by atoms with Gasteiger partial charge in [-0.2, -0.15) is 0 Å². The summed E-state index contributed by atoms with van der Waals surface area (Å²) in [6.45, 7) is 3.40. The Morgan fingerprint density at radius 3 is 2.81 bits per heavy atom. The van der Waals surface area contributed by atoms with Gasteiger partial charge in [-0.1, -0.05) is 13.3 Å². The maximum atomic E-state index is 5.40. The van der Waals surface area contributed by atoms with Crippen LogP contribution in [0.5, 0.6) is 0 Å². The first-order valence-electron chi connectivity index (χ1n) is 7.02. The van der Waals surface area contributed by atoms with Crippen LogP contribution >= 0.6 is 0 Å². The van der Waals surface area contributed by atoms with Crippen molar-refractivity contribution < 1.29 is 0 Å². The van der Waals surface area contributed by atoms with E-state index in [1.807, 2.05) is 0 Å². The van der Waals surface area contributed by atoms with Crippen LogP contribution in [0, 0.1) is 30.1 Å². The van der Waals surface area contributed by atoms with Gasteiger partial charge < -0.3 is 5.32 Å². The molecule has 1 nitrogen and oxygen atoms in total. The van der Waals surface area contributed by atoms with Crippen molar-refractivity contribution in [1.82, 2.24) is 5.32 Å². The van der Waals surface area contributed by atoms with Gasteiger partial charge in [0.15, 0.2) is 0 Å². The van der Waals surface area contributed by atoms with Gasteiger partial charge in [0.25, 0.3) is 0 Å². The second-order valence-corrected chi connectivity index (χ2v) is 5.64. The largest absolute Gasteiger partial charge is 0.314 e. The fourth-order valence-electron chi connectivity index (χ4n) is 3.82. The molecule has 1 N–H and O–H groups in total. The zero-order valence-electron chi connectivity index (χ0n) is 10.5. The highest BCUT2D eigenvalue weighted by Gasteiger charge is 2.42. The van der Waals surface area contributed by atoms with Gasteiger partial charge in [0, 0.05) is 12.5 Å². The van der Waals surface area contributed by atoms with Gasteiger partial charge in [-0.25, -0.2) is 0 Å². The second kappa shape index (κ2) is 5.73. The molecule has 0 saturated heterocycles. The molecular formula is C15H25N. The molecule has 4 atom stereocenters. The topological polar surface area (TPSA) is 12.0 Å². The van der Waals surface area contributed by atoms with Crippen LogP contribution in [0.25, 0.3) is 0 Å². The van der Waals surface area contributed by atoms with Gasteiger partial charge in [-0.15, -0.1) is 12.3 Å². The molecule has 2 bridgehead atoms. The van der Waals surface area contributed by atoms with Gasteiger partial charge in [0.2, 0.25) is 0 Å². The van der Waals surface area contributed by atoms with Crippen LogP contribution in [-0.2, 0) is 0 Å². The summed E-state index contributed by atoms with van der Waals surface area (Å²) in [7, 11) is 0. The highest BCUT2D eigenvalue weighted by molar-refractivity contribution is 4.97. The van der Waals surface area contributed by atoms with Crippen LogP contribution in [0.1, 0.15) is 51.9 Å². The van der Waals surface area contributed by atoms with E-state index in [-0.39, 0.29) is 0 Å². The monoisotopic (exact) mass is 219 g/mol. The Balaban J connectivity index is 1.87. The van der Waals surface area contributed by atoms with Crippen molar-refractivity contribution >= 4 is 0 Å². The van der Waals surface area contributed by atoms with Gasteiger partial charge in [0.05, 0.1) is 0 Å². The van der Waals surface area contributed by atoms with Gasteiger partial charge in [-0.05, 0) is 56.4 Å². The molecular weight excluding hydrogens is 194 g/mol. The van der Waals surface area contributed by atoms with E-state index >= 15 is 0 Å². The number of terminal acetylenes is 1. The van der Waals surface area contributed by atoms with E-state index in [1.54, 1.807) is 0 Å². The Labute approximate surface area is 100 Å². The van der Waals surface area contributed by atoms with Crippen LogP contribution < -0.4 is 5.32 Å². The third-order valence-electron chi connectivity index (χ3n) is 4.57. The molecule has 0 aromatic rings. The van der Waals surface area contributed by atoms with Crippen LogP contribution in [-0.4, -0.2) is 12.6 Å². The Bertz CT molecular complexity index is 253. The number of hydrogen-bond acceptors (Lipinski definition) is 1. The molecule has 90 valence electrons. The zero-order chi connectivity index (χ0) is 11.4. The highest BCUT2D eigenvalue weighted by Crippen LogP contribution is 2.50. The van der Waals surface area contributed by atoms with Crippen molar-refractivity contribution in [3.63, 3.8) is 0 Å². The molecule has 0 radical (unpaired) electrons. The molecule has 4 unspecified atom stereocenters. The average Bonchev–Trinajstić information content (AvgIpc) is 2.91. The van der Waals surface area contributed by atoms with Gasteiger partial charge in [0.1, 0.15) is 0 Å². The number of rotatable bonds is 6. The predicted octanol–water partition coefficient (Wildman–Crippen LogP) is 3.20. The zero-order valence-corrected chi connectivity index (χ0v) is 10.5. The fraction of sp³-hybridized carbons (Fsp3) is 0.867. The number of nitrogens with one attached hydrogen (secondary N) is 1. The third-order valence-corrected chi connectivity index (χ3v) is 4.57. The molecule has 2 rings (SSSR count). The van der Waals surface area contributed by atoms with Crippen molar-refractivity contribution in [1.29, 1.82) is 0 Å². The molecule has 0 aliphatic heterocycles. The van der Waals surface area contributed by atoms with Crippen LogP contribution in [0.3, 0.4) is 0 Å². The first-order valence-corrected chi connectivity index (χ1v) is 7.02. The lowest BCUT2D eigenvalue weighted by molar-refractivity contribution is 0.240. The normalized spacial score (nSPS) is 33.9. The third kappa shape index (κ3) is 2.61. The summed E-state index contributed by atoms with van der Waals surface area (Å²) in [5, 5.41) is 3.74. The van der Waals surface area contributed by atoms with Gasteiger partial charge in [-0.3, -0.25) is 0 Å². The van der Waals surface area contributed by atoms with E-state index in [1.165, 1.54) is 38.5 Å². The smallest absolute Gasteiger partial charge is 0.0107 e. The van der Waals surface area contributed by atoms with Crippen LogP contribution in [0.2, 0.25) is 0 Å². The number of hydrogen-bond donors (Lipinski definition) is 1. The van der Waals surface area contributed by atoms with Crippen molar-refractivity contribution in [2.24, 2.45) is 17.8 Å². The molecule has 0 aromatic heterocycles. The Kier molecular flexibility index (Phi) is 4.29. The minimum Gasteiger partial charge on any atom is -0.314 e. The minimum atomic E-state index is 0.700. The summed E-state index contributed by atoms with van der Waals surface area (Å²) in [4.78, 5) is 0. The molecule has 0 spiro atoms. The minimum absolute atomic E-state index is 0.700. The fourth-order valence-corrected chi connectivity index (χ4v) is 3.82. The van der Waals surface area contributed by atoms with Gasteiger partial charge >= 0.3 is 0 Å². The maximum Gasteiger partial charge on any atom is 0.0107 e. The predicted molar refractivity (Wildman–Crippen MR) is 69.1 cm³/mol. The van der Waals surface area contributed by atoms with Crippen molar-refractivity contribution in [2.75, 3.05) is 6.54 Å². The summed E-state index contributed by atoms with van der Waals surface area (Å²) in [5.41, 5.74) is 0. The molecule has 2 aliphatic carbocycles. The lowest BCUT2D eigenvalue weighted by Crippen LogP contribution is -2.39. The molecule has 2 aliphatic rings. The summed E-state index contributed by atoms with van der Waals surface area (Å²) in [5.74, 6) is 5.79. The average molecular weight is 219 g/mol. The lowest BCUT2D eigenvalue weighted by Gasteiger charge is -2.31. The van der Waals surface area contributed by atoms with E-state index < -0.39 is 0 Å². The van der Waals surface area contributed by atoms with E-state index in [9.17, 15) is 0 Å². The lowest BCUT2D eigenvalue weighted by atomic mass is 9.81. The summed E-state index contributed by atoms with van der Waals surface area (Å²) < 4.78 is 0. The SMILES string of the molecule is C#CCCC(NCCC)C1CC2CCC1C2. The van der Waals surface area contributed by atoms with E-state index in [0.29, 0.717) is 6.04 Å². The Morgan fingerprint density at radius 1 is 1.38 bits per heavy atom. The quantitative estimate of drug-likeness (QED) is 0.676. The molecule has 1 heteroatoms. The molecule has 0 amide bonds.